The normalized spacial score (nSPS) is 14.3. The van der Waals surface area contributed by atoms with Gasteiger partial charge in [0.15, 0.2) is 0 Å². The molecule has 0 aromatic rings. The Kier molecular flexibility index (Phi) is 31.8. The van der Waals surface area contributed by atoms with Gasteiger partial charge in [0, 0.05) is 19.4 Å². The molecular formula is C43H83NO5. The minimum absolute atomic E-state index is 0.0124. The highest BCUT2D eigenvalue weighted by Gasteiger charge is 2.33. The summed E-state index contributed by atoms with van der Waals surface area (Å²) >= 11 is 0. The fourth-order valence-corrected chi connectivity index (χ4v) is 7.06. The highest BCUT2D eigenvalue weighted by Crippen LogP contribution is 2.37. The number of aliphatic hydroxyl groups excluding tert-OH is 1. The number of nitrogens with zero attached hydrogens (tertiary/aromatic N) is 1. The predicted molar refractivity (Wildman–Crippen MR) is 207 cm³/mol. The fourth-order valence-electron chi connectivity index (χ4n) is 7.06. The highest BCUT2D eigenvalue weighted by atomic mass is 16.5. The molecule has 1 rings (SSSR count). The third kappa shape index (κ3) is 29.2. The SMILES string of the molecule is CCCCCCCCC(CCCCCCC)OC(=O)CCCCCCCN(CCO)CCCCCCCC(=O)OC(CCCCC)C1CC1. The standard InChI is InChI=1S/C43H83NO5/c1-4-7-10-12-16-23-29-40(28-22-15-11-8-5-2)48-42(46)31-24-17-13-19-26-35-44(37-38-45)36-27-20-14-18-25-32-43(47)49-41(39-33-34-39)30-21-9-6-3/h39-41,45H,4-38H2,1-3H3. The topological polar surface area (TPSA) is 76.1 Å². The molecule has 290 valence electrons. The summed E-state index contributed by atoms with van der Waals surface area (Å²) in [6.07, 6.45) is 35.6. The Balaban J connectivity index is 2.11. The van der Waals surface area contributed by atoms with Gasteiger partial charge in [-0.05, 0) is 96.1 Å². The van der Waals surface area contributed by atoms with E-state index >= 15 is 0 Å². The van der Waals surface area contributed by atoms with Crippen LogP contribution in [0.25, 0.3) is 0 Å². The van der Waals surface area contributed by atoms with Crippen LogP contribution in [0.2, 0.25) is 0 Å². The average Bonchev–Trinajstić information content (AvgIpc) is 3.94. The summed E-state index contributed by atoms with van der Waals surface area (Å²) in [7, 11) is 0. The molecule has 2 unspecified atom stereocenters. The predicted octanol–water partition coefficient (Wildman–Crippen LogP) is 11.9. The van der Waals surface area contributed by atoms with Gasteiger partial charge in [0.05, 0.1) is 6.61 Å². The molecule has 6 nitrogen and oxygen atoms in total. The first-order valence-corrected chi connectivity index (χ1v) is 21.8. The smallest absolute Gasteiger partial charge is 0.306 e. The van der Waals surface area contributed by atoms with Crippen LogP contribution in [0.1, 0.15) is 220 Å². The van der Waals surface area contributed by atoms with Crippen molar-refractivity contribution in [2.24, 2.45) is 5.92 Å². The van der Waals surface area contributed by atoms with E-state index in [0.29, 0.717) is 18.8 Å². The zero-order valence-electron chi connectivity index (χ0n) is 33.0. The molecule has 6 heteroatoms. The molecular weight excluding hydrogens is 610 g/mol. The van der Waals surface area contributed by atoms with Gasteiger partial charge in [-0.1, -0.05) is 130 Å². The van der Waals surface area contributed by atoms with E-state index < -0.39 is 0 Å². The second-order valence-electron chi connectivity index (χ2n) is 15.3. The van der Waals surface area contributed by atoms with Crippen molar-refractivity contribution in [1.82, 2.24) is 4.90 Å². The lowest BCUT2D eigenvalue weighted by molar-refractivity contribution is -0.151. The minimum Gasteiger partial charge on any atom is -0.462 e. The van der Waals surface area contributed by atoms with Crippen molar-refractivity contribution in [2.45, 2.75) is 232 Å². The quantitative estimate of drug-likeness (QED) is 0.0512. The minimum atomic E-state index is 0.0124. The van der Waals surface area contributed by atoms with Gasteiger partial charge in [-0.2, -0.15) is 0 Å². The number of carbonyl (C=O) groups is 2. The number of hydrogen-bond acceptors (Lipinski definition) is 6. The monoisotopic (exact) mass is 694 g/mol. The molecule has 1 fully saturated rings. The van der Waals surface area contributed by atoms with E-state index in [2.05, 4.69) is 25.7 Å². The molecule has 0 aliphatic heterocycles. The van der Waals surface area contributed by atoms with Gasteiger partial charge < -0.3 is 19.5 Å². The average molecular weight is 694 g/mol. The van der Waals surface area contributed by atoms with Crippen molar-refractivity contribution >= 4 is 11.9 Å². The molecule has 1 saturated carbocycles. The molecule has 1 N–H and O–H groups in total. The first-order valence-electron chi connectivity index (χ1n) is 21.8. The van der Waals surface area contributed by atoms with E-state index in [0.717, 1.165) is 90.3 Å². The molecule has 0 aromatic carbocycles. The Morgan fingerprint density at radius 3 is 1.43 bits per heavy atom. The lowest BCUT2D eigenvalue weighted by atomic mass is 10.0. The third-order valence-electron chi connectivity index (χ3n) is 10.5. The first-order chi connectivity index (χ1) is 24.0. The van der Waals surface area contributed by atoms with E-state index in [1.54, 1.807) is 0 Å². The second-order valence-corrected chi connectivity index (χ2v) is 15.3. The molecule has 0 saturated heterocycles. The largest absolute Gasteiger partial charge is 0.462 e. The number of hydrogen-bond donors (Lipinski definition) is 1. The molecule has 1 aliphatic carbocycles. The van der Waals surface area contributed by atoms with Crippen molar-refractivity contribution in [3.8, 4) is 0 Å². The molecule has 0 amide bonds. The zero-order chi connectivity index (χ0) is 35.6. The van der Waals surface area contributed by atoms with Crippen LogP contribution in [0.4, 0.5) is 0 Å². The summed E-state index contributed by atoms with van der Waals surface area (Å²) in [5, 5.41) is 9.55. The van der Waals surface area contributed by atoms with Gasteiger partial charge in [0.25, 0.3) is 0 Å². The number of aliphatic hydroxyl groups is 1. The maximum absolute atomic E-state index is 12.7. The Bertz CT molecular complexity index is 742. The van der Waals surface area contributed by atoms with Crippen LogP contribution in [0.3, 0.4) is 0 Å². The summed E-state index contributed by atoms with van der Waals surface area (Å²) in [4.78, 5) is 27.4. The summed E-state index contributed by atoms with van der Waals surface area (Å²) in [6.45, 7) is 9.76. The lowest BCUT2D eigenvalue weighted by Gasteiger charge is -2.21. The number of rotatable bonds is 38. The number of carbonyl (C=O) groups excluding carboxylic acids is 2. The van der Waals surface area contributed by atoms with E-state index in [-0.39, 0.29) is 30.8 Å². The van der Waals surface area contributed by atoms with Crippen LogP contribution < -0.4 is 0 Å². The van der Waals surface area contributed by atoms with Crippen LogP contribution in [-0.2, 0) is 19.1 Å². The maximum atomic E-state index is 12.7. The molecule has 0 radical (unpaired) electrons. The fraction of sp³-hybridized carbons (Fsp3) is 0.953. The zero-order valence-corrected chi connectivity index (χ0v) is 33.0. The van der Waals surface area contributed by atoms with Gasteiger partial charge in [-0.3, -0.25) is 9.59 Å². The van der Waals surface area contributed by atoms with Crippen LogP contribution in [-0.4, -0.2) is 60.4 Å². The Morgan fingerprint density at radius 2 is 0.939 bits per heavy atom. The summed E-state index contributed by atoms with van der Waals surface area (Å²) in [6, 6.07) is 0. The first kappa shape index (κ1) is 45.9. The molecule has 0 bridgehead atoms. The van der Waals surface area contributed by atoms with Gasteiger partial charge >= 0.3 is 11.9 Å². The van der Waals surface area contributed by atoms with Gasteiger partial charge in [-0.15, -0.1) is 0 Å². The number of ether oxygens (including phenoxy) is 2. The van der Waals surface area contributed by atoms with Gasteiger partial charge in [0.1, 0.15) is 12.2 Å². The molecule has 0 spiro atoms. The highest BCUT2D eigenvalue weighted by molar-refractivity contribution is 5.69. The Morgan fingerprint density at radius 1 is 0.531 bits per heavy atom. The van der Waals surface area contributed by atoms with E-state index in [4.69, 9.17) is 9.47 Å². The summed E-state index contributed by atoms with van der Waals surface area (Å²) in [5.41, 5.74) is 0. The van der Waals surface area contributed by atoms with Gasteiger partial charge in [0.2, 0.25) is 0 Å². The van der Waals surface area contributed by atoms with E-state index in [9.17, 15) is 14.7 Å². The maximum Gasteiger partial charge on any atom is 0.306 e. The van der Waals surface area contributed by atoms with Gasteiger partial charge in [-0.25, -0.2) is 0 Å². The molecule has 2 atom stereocenters. The third-order valence-corrected chi connectivity index (χ3v) is 10.5. The Labute approximate surface area is 304 Å². The van der Waals surface area contributed by atoms with Crippen molar-refractivity contribution in [3.05, 3.63) is 0 Å². The van der Waals surface area contributed by atoms with Crippen molar-refractivity contribution in [1.29, 1.82) is 0 Å². The van der Waals surface area contributed by atoms with Crippen molar-refractivity contribution < 1.29 is 24.2 Å². The van der Waals surface area contributed by atoms with Crippen LogP contribution in [0.5, 0.6) is 0 Å². The number of esters is 2. The summed E-state index contributed by atoms with van der Waals surface area (Å²) in [5.74, 6) is 0.655. The molecule has 0 aromatic heterocycles. The van der Waals surface area contributed by atoms with Crippen LogP contribution >= 0.6 is 0 Å². The van der Waals surface area contributed by atoms with Crippen molar-refractivity contribution in [3.63, 3.8) is 0 Å². The number of unbranched alkanes of at least 4 members (excludes halogenated alkanes) is 19. The molecule has 0 heterocycles. The Hall–Kier alpha value is -1.14. The van der Waals surface area contributed by atoms with Crippen LogP contribution in [0.15, 0.2) is 0 Å². The molecule has 49 heavy (non-hydrogen) atoms. The van der Waals surface area contributed by atoms with E-state index in [1.165, 1.54) is 116 Å². The summed E-state index contributed by atoms with van der Waals surface area (Å²) < 4.78 is 11.9. The van der Waals surface area contributed by atoms with Crippen molar-refractivity contribution in [2.75, 3.05) is 26.2 Å². The van der Waals surface area contributed by atoms with E-state index in [1.807, 2.05) is 0 Å². The second kappa shape index (κ2) is 34.0. The lowest BCUT2D eigenvalue weighted by Crippen LogP contribution is -2.29. The molecule has 1 aliphatic rings. The van der Waals surface area contributed by atoms with Crippen LogP contribution in [0, 0.1) is 5.92 Å².